The second-order valence-corrected chi connectivity index (χ2v) is 2.96. The van der Waals surface area contributed by atoms with Gasteiger partial charge in [-0.05, 0) is 6.07 Å². The molecule has 2 aromatic rings. The Labute approximate surface area is 80.6 Å². The van der Waals surface area contributed by atoms with Gasteiger partial charge in [-0.3, -0.25) is 4.68 Å². The fraction of sp³-hybridized carbons (Fsp3) is 0.250. The number of nitrogens with zero attached hydrogens (tertiary/aromatic N) is 3. The number of rotatable bonds is 3. The molecule has 0 unspecified atom stereocenters. The Kier molecular flexibility index (Phi) is 2.31. The summed E-state index contributed by atoms with van der Waals surface area (Å²) in [4.78, 5) is 7.26. The largest absolute Gasteiger partial charge is 0.343 e. The third-order valence-corrected chi connectivity index (χ3v) is 1.98. The topological polar surface area (TPSA) is 46.5 Å². The molecule has 2 aromatic heterocycles. The van der Waals surface area contributed by atoms with E-state index in [0.717, 1.165) is 11.5 Å². The number of halogens is 1. The van der Waals surface area contributed by atoms with Gasteiger partial charge in [0.15, 0.2) is 0 Å². The van der Waals surface area contributed by atoms with Gasteiger partial charge in [0.25, 0.3) is 0 Å². The third-order valence-electron chi connectivity index (χ3n) is 1.70. The maximum Gasteiger partial charge on any atom is 0.128 e. The number of H-pyrrole nitrogens is 1. The van der Waals surface area contributed by atoms with E-state index in [4.69, 9.17) is 11.6 Å². The molecular formula is C8H9ClN4. The van der Waals surface area contributed by atoms with E-state index in [-0.39, 0.29) is 0 Å². The number of aromatic nitrogens is 4. The molecule has 0 saturated heterocycles. The van der Waals surface area contributed by atoms with Crippen LogP contribution in [-0.4, -0.2) is 19.7 Å². The van der Waals surface area contributed by atoms with Crippen molar-refractivity contribution in [3.8, 4) is 0 Å². The molecule has 0 fully saturated rings. The van der Waals surface area contributed by atoms with Gasteiger partial charge in [0.1, 0.15) is 5.82 Å². The van der Waals surface area contributed by atoms with Gasteiger partial charge in [0.2, 0.25) is 0 Å². The zero-order chi connectivity index (χ0) is 9.10. The van der Waals surface area contributed by atoms with E-state index in [1.807, 2.05) is 12.3 Å². The van der Waals surface area contributed by atoms with E-state index >= 15 is 0 Å². The highest BCUT2D eigenvalue weighted by Crippen LogP contribution is 2.01. The molecule has 0 saturated carbocycles. The van der Waals surface area contributed by atoms with Crippen molar-refractivity contribution in [2.75, 3.05) is 0 Å². The molecular weight excluding hydrogens is 188 g/mol. The van der Waals surface area contributed by atoms with Gasteiger partial charge >= 0.3 is 0 Å². The average molecular weight is 197 g/mol. The molecule has 5 heteroatoms. The molecule has 0 aliphatic carbocycles. The lowest BCUT2D eigenvalue weighted by atomic mass is 10.5. The Bertz CT molecular complexity index is 365. The highest BCUT2D eigenvalue weighted by molar-refractivity contribution is 6.16. The molecule has 0 amide bonds. The van der Waals surface area contributed by atoms with E-state index in [2.05, 4.69) is 15.1 Å². The van der Waals surface area contributed by atoms with Crippen molar-refractivity contribution in [1.82, 2.24) is 19.7 Å². The first kappa shape index (κ1) is 8.31. The molecule has 0 aliphatic heterocycles. The van der Waals surface area contributed by atoms with E-state index in [1.165, 1.54) is 0 Å². The lowest BCUT2D eigenvalue weighted by Crippen LogP contribution is -2.01. The first-order valence-electron chi connectivity index (χ1n) is 3.94. The second kappa shape index (κ2) is 3.62. The molecule has 4 nitrogen and oxygen atoms in total. The van der Waals surface area contributed by atoms with Crippen LogP contribution in [0.1, 0.15) is 11.5 Å². The molecule has 2 heterocycles. The number of alkyl halides is 1. The van der Waals surface area contributed by atoms with Crippen LogP contribution in [0.25, 0.3) is 0 Å². The van der Waals surface area contributed by atoms with Crippen molar-refractivity contribution >= 4 is 11.6 Å². The minimum absolute atomic E-state index is 0.464. The normalized spacial score (nSPS) is 10.5. The molecule has 0 aromatic carbocycles. The van der Waals surface area contributed by atoms with E-state index in [1.54, 1.807) is 17.1 Å². The standard InChI is InChI=1S/C8H9ClN4/c9-4-7-5-10-8(12-7)6-13-3-1-2-11-13/h1-3,5H,4,6H2,(H,10,12). The van der Waals surface area contributed by atoms with Gasteiger partial charge in [-0.1, -0.05) is 0 Å². The molecule has 0 atom stereocenters. The number of hydrogen-bond donors (Lipinski definition) is 1. The monoisotopic (exact) mass is 196 g/mol. The summed E-state index contributed by atoms with van der Waals surface area (Å²) in [5.74, 6) is 1.34. The Hall–Kier alpha value is -1.29. The Balaban J connectivity index is 2.10. The summed E-state index contributed by atoms with van der Waals surface area (Å²) in [6.45, 7) is 0.657. The van der Waals surface area contributed by atoms with Crippen LogP contribution in [0.15, 0.2) is 24.7 Å². The molecule has 2 rings (SSSR count). The zero-order valence-corrected chi connectivity index (χ0v) is 7.70. The Morgan fingerprint density at radius 1 is 1.54 bits per heavy atom. The lowest BCUT2D eigenvalue weighted by Gasteiger charge is -1.96. The van der Waals surface area contributed by atoms with Crippen LogP contribution >= 0.6 is 11.6 Å². The molecule has 0 radical (unpaired) electrons. The summed E-state index contributed by atoms with van der Waals surface area (Å²) in [5.41, 5.74) is 0.934. The van der Waals surface area contributed by atoms with Crippen molar-refractivity contribution in [2.45, 2.75) is 12.4 Å². The summed E-state index contributed by atoms with van der Waals surface area (Å²) in [6.07, 6.45) is 5.38. The Morgan fingerprint density at radius 2 is 2.46 bits per heavy atom. The highest BCUT2D eigenvalue weighted by atomic mass is 35.5. The van der Waals surface area contributed by atoms with Crippen LogP contribution in [-0.2, 0) is 12.4 Å². The smallest absolute Gasteiger partial charge is 0.128 e. The Morgan fingerprint density at radius 3 is 3.08 bits per heavy atom. The number of hydrogen-bond acceptors (Lipinski definition) is 2. The van der Waals surface area contributed by atoms with E-state index in [0.29, 0.717) is 12.4 Å². The predicted octanol–water partition coefficient (Wildman–Crippen LogP) is 1.39. The molecule has 0 spiro atoms. The summed E-state index contributed by atoms with van der Waals surface area (Å²) < 4.78 is 1.80. The fourth-order valence-corrected chi connectivity index (χ4v) is 1.24. The van der Waals surface area contributed by atoms with Crippen molar-refractivity contribution < 1.29 is 0 Å². The van der Waals surface area contributed by atoms with Crippen LogP contribution < -0.4 is 0 Å². The fourth-order valence-electron chi connectivity index (χ4n) is 1.10. The minimum Gasteiger partial charge on any atom is -0.343 e. The van der Waals surface area contributed by atoms with Crippen LogP contribution in [0.5, 0.6) is 0 Å². The van der Waals surface area contributed by atoms with Gasteiger partial charge in [0.05, 0.1) is 12.4 Å². The third kappa shape index (κ3) is 1.89. The number of imidazole rings is 1. The summed E-state index contributed by atoms with van der Waals surface area (Å²) in [6, 6.07) is 1.88. The van der Waals surface area contributed by atoms with Crippen LogP contribution in [0.2, 0.25) is 0 Å². The van der Waals surface area contributed by atoms with Gasteiger partial charge in [0, 0.05) is 24.3 Å². The van der Waals surface area contributed by atoms with Crippen molar-refractivity contribution in [1.29, 1.82) is 0 Å². The lowest BCUT2D eigenvalue weighted by molar-refractivity contribution is 0.661. The maximum atomic E-state index is 5.63. The first-order chi connectivity index (χ1) is 6.38. The highest BCUT2D eigenvalue weighted by Gasteiger charge is 1.99. The minimum atomic E-state index is 0.464. The molecule has 1 N–H and O–H groups in total. The van der Waals surface area contributed by atoms with Crippen molar-refractivity contribution in [2.24, 2.45) is 0 Å². The summed E-state index contributed by atoms with van der Waals surface area (Å²) >= 11 is 5.63. The maximum absolute atomic E-state index is 5.63. The second-order valence-electron chi connectivity index (χ2n) is 2.69. The van der Waals surface area contributed by atoms with Crippen molar-refractivity contribution in [3.63, 3.8) is 0 Å². The first-order valence-corrected chi connectivity index (χ1v) is 4.48. The van der Waals surface area contributed by atoms with Gasteiger partial charge in [-0.15, -0.1) is 11.6 Å². The van der Waals surface area contributed by atoms with E-state index in [9.17, 15) is 0 Å². The van der Waals surface area contributed by atoms with Crippen LogP contribution in [0, 0.1) is 0 Å². The van der Waals surface area contributed by atoms with Crippen molar-refractivity contribution in [3.05, 3.63) is 36.2 Å². The molecule has 68 valence electrons. The average Bonchev–Trinajstić information content (AvgIpc) is 2.76. The summed E-state index contributed by atoms with van der Waals surface area (Å²) in [7, 11) is 0. The number of aromatic amines is 1. The SMILES string of the molecule is ClCc1cnc(Cn2cccn2)[nH]1. The molecule has 0 bridgehead atoms. The zero-order valence-electron chi connectivity index (χ0n) is 6.94. The van der Waals surface area contributed by atoms with Gasteiger partial charge < -0.3 is 4.98 Å². The van der Waals surface area contributed by atoms with Gasteiger partial charge in [-0.25, -0.2) is 4.98 Å². The van der Waals surface area contributed by atoms with Gasteiger partial charge in [-0.2, -0.15) is 5.10 Å². The summed E-state index contributed by atoms with van der Waals surface area (Å²) in [5, 5.41) is 4.07. The van der Waals surface area contributed by atoms with Crippen LogP contribution in [0.3, 0.4) is 0 Å². The van der Waals surface area contributed by atoms with Crippen LogP contribution in [0.4, 0.5) is 0 Å². The molecule has 0 aliphatic rings. The predicted molar refractivity (Wildman–Crippen MR) is 49.5 cm³/mol. The van der Waals surface area contributed by atoms with E-state index < -0.39 is 0 Å². The quantitative estimate of drug-likeness (QED) is 0.755. The number of nitrogens with one attached hydrogen (secondary N) is 1. The molecule has 13 heavy (non-hydrogen) atoms.